The molecule has 120 valence electrons. The van der Waals surface area contributed by atoms with Gasteiger partial charge >= 0.3 is 0 Å². The van der Waals surface area contributed by atoms with Crippen LogP contribution in [-0.2, 0) is 13.0 Å². The van der Waals surface area contributed by atoms with E-state index >= 15 is 0 Å². The molecule has 2 aromatic rings. The van der Waals surface area contributed by atoms with Crippen molar-refractivity contribution >= 4 is 41.3 Å². The first-order valence-electron chi connectivity index (χ1n) is 7.07. The van der Waals surface area contributed by atoms with Crippen LogP contribution in [-0.4, -0.2) is 24.5 Å². The number of nitrogens with zero attached hydrogens (tertiary/aromatic N) is 2. The molecule has 0 aromatic carbocycles. The Bertz CT molecular complexity index is 610. The topological polar surface area (TPSA) is 49.3 Å². The highest BCUT2D eigenvalue weighted by Crippen LogP contribution is 2.14. The predicted octanol–water partition coefficient (Wildman–Crippen LogP) is 3.29. The predicted molar refractivity (Wildman–Crippen MR) is 105 cm³/mol. The number of aromatic nitrogens is 1. The van der Waals surface area contributed by atoms with Crippen LogP contribution in [0, 0.1) is 13.8 Å². The van der Waals surface area contributed by atoms with Gasteiger partial charge < -0.3 is 10.6 Å². The minimum atomic E-state index is 0. The second-order valence-corrected chi connectivity index (χ2v) is 5.93. The van der Waals surface area contributed by atoms with Crippen molar-refractivity contribution in [1.29, 1.82) is 0 Å². The summed E-state index contributed by atoms with van der Waals surface area (Å²) in [5.74, 6) is 0.842. The Balaban J connectivity index is 0.00000242. The molecule has 4 nitrogen and oxygen atoms in total. The van der Waals surface area contributed by atoms with Crippen LogP contribution in [0.4, 0.5) is 0 Å². The molecule has 0 amide bonds. The first kappa shape index (κ1) is 18.9. The van der Waals surface area contributed by atoms with E-state index in [-0.39, 0.29) is 24.0 Å². The molecule has 6 heteroatoms. The smallest absolute Gasteiger partial charge is 0.191 e. The van der Waals surface area contributed by atoms with Crippen LogP contribution in [0.5, 0.6) is 0 Å². The van der Waals surface area contributed by atoms with Crippen LogP contribution in [0.3, 0.4) is 0 Å². The van der Waals surface area contributed by atoms with Gasteiger partial charge in [-0.3, -0.25) is 9.98 Å². The average molecular weight is 430 g/mol. The van der Waals surface area contributed by atoms with Crippen molar-refractivity contribution in [3.8, 4) is 0 Å². The van der Waals surface area contributed by atoms with Crippen molar-refractivity contribution in [3.63, 3.8) is 0 Å². The van der Waals surface area contributed by atoms with Crippen LogP contribution < -0.4 is 10.6 Å². The Kier molecular flexibility index (Phi) is 8.40. The number of hydrogen-bond donors (Lipinski definition) is 2. The highest BCUT2D eigenvalue weighted by atomic mass is 127. The summed E-state index contributed by atoms with van der Waals surface area (Å²) in [6, 6.07) is 4.21. The molecule has 0 fully saturated rings. The fraction of sp³-hybridized carbons (Fsp3) is 0.375. The molecule has 0 aliphatic rings. The number of thiophene rings is 1. The van der Waals surface area contributed by atoms with Crippen LogP contribution in [0.25, 0.3) is 0 Å². The van der Waals surface area contributed by atoms with E-state index in [2.05, 4.69) is 52.0 Å². The Hall–Kier alpha value is -1.15. The second kappa shape index (κ2) is 9.78. The summed E-state index contributed by atoms with van der Waals surface area (Å²) >= 11 is 1.77. The SMILES string of the molecule is CN=C(NCCc1ccncc1C)NCc1sccc1C.I. The summed E-state index contributed by atoms with van der Waals surface area (Å²) in [4.78, 5) is 9.72. The van der Waals surface area contributed by atoms with Crippen molar-refractivity contribution in [1.82, 2.24) is 15.6 Å². The molecule has 22 heavy (non-hydrogen) atoms. The van der Waals surface area contributed by atoms with Crippen molar-refractivity contribution < 1.29 is 0 Å². The maximum atomic E-state index is 4.26. The second-order valence-electron chi connectivity index (χ2n) is 4.93. The highest BCUT2D eigenvalue weighted by molar-refractivity contribution is 14.0. The van der Waals surface area contributed by atoms with Gasteiger partial charge in [-0.15, -0.1) is 35.3 Å². The summed E-state index contributed by atoms with van der Waals surface area (Å²) in [5.41, 5.74) is 3.88. The summed E-state index contributed by atoms with van der Waals surface area (Å²) < 4.78 is 0. The Labute approximate surface area is 153 Å². The van der Waals surface area contributed by atoms with Crippen molar-refractivity contribution in [2.24, 2.45) is 4.99 Å². The molecule has 2 heterocycles. The quantitative estimate of drug-likeness (QED) is 0.435. The van der Waals surface area contributed by atoms with Gasteiger partial charge in [-0.05, 0) is 54.5 Å². The Morgan fingerprint density at radius 1 is 1.23 bits per heavy atom. The number of rotatable bonds is 5. The summed E-state index contributed by atoms with van der Waals surface area (Å²) in [6.07, 6.45) is 4.71. The van der Waals surface area contributed by atoms with E-state index in [9.17, 15) is 0 Å². The number of aliphatic imine (C=N–C) groups is 1. The molecule has 0 unspecified atom stereocenters. The zero-order chi connectivity index (χ0) is 15.1. The third-order valence-corrected chi connectivity index (χ3v) is 4.45. The van der Waals surface area contributed by atoms with Crippen LogP contribution in [0.1, 0.15) is 21.6 Å². The molecular formula is C16H23IN4S. The minimum absolute atomic E-state index is 0. The zero-order valence-electron chi connectivity index (χ0n) is 13.2. The number of aryl methyl sites for hydroxylation is 2. The van der Waals surface area contributed by atoms with Gasteiger partial charge in [0, 0.05) is 30.9 Å². The van der Waals surface area contributed by atoms with Gasteiger partial charge in [0.1, 0.15) is 0 Å². The van der Waals surface area contributed by atoms with Gasteiger partial charge in [0.15, 0.2) is 5.96 Å². The van der Waals surface area contributed by atoms with E-state index < -0.39 is 0 Å². The monoisotopic (exact) mass is 430 g/mol. The largest absolute Gasteiger partial charge is 0.356 e. The molecule has 0 aliphatic heterocycles. The average Bonchev–Trinajstić information content (AvgIpc) is 2.90. The third kappa shape index (κ3) is 5.57. The molecule has 0 aliphatic carbocycles. The Morgan fingerprint density at radius 2 is 2.05 bits per heavy atom. The first-order valence-corrected chi connectivity index (χ1v) is 7.95. The van der Waals surface area contributed by atoms with E-state index in [0.29, 0.717) is 0 Å². The lowest BCUT2D eigenvalue weighted by Crippen LogP contribution is -2.37. The van der Waals surface area contributed by atoms with Gasteiger partial charge in [-0.25, -0.2) is 0 Å². The molecular weight excluding hydrogens is 407 g/mol. The van der Waals surface area contributed by atoms with Gasteiger partial charge in [0.25, 0.3) is 0 Å². The van der Waals surface area contributed by atoms with Crippen molar-refractivity contribution in [2.45, 2.75) is 26.8 Å². The molecule has 2 N–H and O–H groups in total. The van der Waals surface area contributed by atoms with Gasteiger partial charge in [-0.1, -0.05) is 0 Å². The molecule has 0 radical (unpaired) electrons. The zero-order valence-corrected chi connectivity index (χ0v) is 16.4. The van der Waals surface area contributed by atoms with Crippen LogP contribution >= 0.6 is 35.3 Å². The first-order chi connectivity index (χ1) is 10.2. The molecule has 0 atom stereocenters. The molecule has 2 aromatic heterocycles. The molecule has 0 saturated heterocycles. The summed E-state index contributed by atoms with van der Waals surface area (Å²) in [6.45, 7) is 5.90. The van der Waals surface area contributed by atoms with Crippen LogP contribution in [0.15, 0.2) is 34.9 Å². The molecule has 2 rings (SSSR count). The maximum absolute atomic E-state index is 4.26. The maximum Gasteiger partial charge on any atom is 0.191 e. The van der Waals surface area contributed by atoms with Gasteiger partial charge in [0.2, 0.25) is 0 Å². The van der Waals surface area contributed by atoms with Crippen molar-refractivity contribution in [3.05, 3.63) is 51.5 Å². The van der Waals surface area contributed by atoms with Gasteiger partial charge in [-0.2, -0.15) is 0 Å². The molecule has 0 spiro atoms. The van der Waals surface area contributed by atoms with Crippen LogP contribution in [0.2, 0.25) is 0 Å². The number of nitrogens with one attached hydrogen (secondary N) is 2. The molecule has 0 saturated carbocycles. The number of hydrogen-bond acceptors (Lipinski definition) is 3. The van der Waals surface area contributed by atoms with E-state index in [1.165, 1.54) is 21.6 Å². The summed E-state index contributed by atoms with van der Waals surface area (Å²) in [7, 11) is 1.80. The lowest BCUT2D eigenvalue weighted by Gasteiger charge is -2.12. The summed E-state index contributed by atoms with van der Waals surface area (Å²) in [5, 5.41) is 8.82. The number of guanidine groups is 1. The third-order valence-electron chi connectivity index (χ3n) is 3.43. The van der Waals surface area contributed by atoms with E-state index in [1.807, 2.05) is 12.4 Å². The number of halogens is 1. The lowest BCUT2D eigenvalue weighted by molar-refractivity contribution is 0.795. The highest BCUT2D eigenvalue weighted by Gasteiger charge is 2.03. The fourth-order valence-corrected chi connectivity index (χ4v) is 2.91. The van der Waals surface area contributed by atoms with E-state index in [1.54, 1.807) is 18.4 Å². The fourth-order valence-electron chi connectivity index (χ4n) is 2.07. The molecule has 0 bridgehead atoms. The van der Waals surface area contributed by atoms with E-state index in [4.69, 9.17) is 0 Å². The number of pyridine rings is 1. The minimum Gasteiger partial charge on any atom is -0.356 e. The standard InChI is InChI=1S/C16H22N4S.HI/c1-12-6-9-21-15(12)11-20-16(17-3)19-8-5-14-4-7-18-10-13(14)2;/h4,6-7,9-10H,5,8,11H2,1-3H3,(H2,17,19,20);1H. The van der Waals surface area contributed by atoms with E-state index in [0.717, 1.165) is 25.5 Å². The van der Waals surface area contributed by atoms with Gasteiger partial charge in [0.05, 0.1) is 6.54 Å². The lowest BCUT2D eigenvalue weighted by atomic mass is 10.1. The normalized spacial score (nSPS) is 11.0. The Morgan fingerprint density at radius 3 is 2.68 bits per heavy atom. The van der Waals surface area contributed by atoms with Crippen molar-refractivity contribution in [2.75, 3.05) is 13.6 Å².